The van der Waals surface area contributed by atoms with Gasteiger partial charge in [-0.1, -0.05) is 12.5 Å². The second-order valence-corrected chi connectivity index (χ2v) is 4.66. The quantitative estimate of drug-likeness (QED) is 0.713. The van der Waals surface area contributed by atoms with Crippen molar-refractivity contribution in [2.45, 2.75) is 43.7 Å². The number of piperidine rings is 1. The fraction of sp³-hybridized carbons (Fsp3) is 0.583. The number of hydrogen-bond donors (Lipinski definition) is 1. The molecule has 0 amide bonds. The van der Waals surface area contributed by atoms with Gasteiger partial charge in [-0.2, -0.15) is 4.39 Å². The maximum absolute atomic E-state index is 12.7. The minimum atomic E-state index is -0.382. The van der Waals surface area contributed by atoms with E-state index in [4.69, 9.17) is 0 Å². The van der Waals surface area contributed by atoms with Gasteiger partial charge in [0.15, 0.2) is 0 Å². The lowest BCUT2D eigenvalue weighted by atomic mass is 9.92. The second kappa shape index (κ2) is 3.56. The van der Waals surface area contributed by atoms with E-state index in [1.165, 1.54) is 37.3 Å². The molecule has 3 unspecified atom stereocenters. The average molecular weight is 206 g/mol. The Balaban J connectivity index is 1.85. The Morgan fingerprint density at radius 3 is 3.00 bits per heavy atom. The van der Waals surface area contributed by atoms with E-state index in [9.17, 15) is 4.39 Å². The van der Waals surface area contributed by atoms with Crippen LogP contribution in [0.1, 0.15) is 37.2 Å². The average Bonchev–Trinajstić information content (AvgIpc) is 2.55. The van der Waals surface area contributed by atoms with Crippen molar-refractivity contribution >= 4 is 0 Å². The summed E-state index contributed by atoms with van der Waals surface area (Å²) in [5.74, 6) is 0.165. The van der Waals surface area contributed by atoms with E-state index in [1.807, 2.05) is 6.07 Å². The molecule has 1 N–H and O–H groups in total. The van der Waals surface area contributed by atoms with Gasteiger partial charge in [0.05, 0.1) is 0 Å². The third kappa shape index (κ3) is 1.65. The molecular formula is C12H15FN2. The molecule has 3 rings (SSSR count). The molecule has 0 spiro atoms. The Morgan fingerprint density at radius 2 is 2.27 bits per heavy atom. The van der Waals surface area contributed by atoms with Crippen molar-refractivity contribution in [1.29, 1.82) is 0 Å². The third-order valence-electron chi connectivity index (χ3n) is 3.72. The van der Waals surface area contributed by atoms with E-state index >= 15 is 0 Å². The van der Waals surface area contributed by atoms with E-state index in [0.717, 1.165) is 0 Å². The monoisotopic (exact) mass is 206 g/mol. The molecular weight excluding hydrogens is 191 g/mol. The topological polar surface area (TPSA) is 24.9 Å². The number of rotatable bonds is 1. The lowest BCUT2D eigenvalue weighted by Gasteiger charge is -2.22. The van der Waals surface area contributed by atoms with Gasteiger partial charge in [0, 0.05) is 24.2 Å². The van der Waals surface area contributed by atoms with Crippen LogP contribution in [0.4, 0.5) is 4.39 Å². The molecule has 80 valence electrons. The van der Waals surface area contributed by atoms with Crippen LogP contribution >= 0.6 is 0 Å². The van der Waals surface area contributed by atoms with Gasteiger partial charge in [0.25, 0.3) is 0 Å². The minimum absolute atomic E-state index is 0.382. The van der Waals surface area contributed by atoms with Gasteiger partial charge in [0.2, 0.25) is 5.95 Å². The summed E-state index contributed by atoms with van der Waals surface area (Å²) < 4.78 is 12.7. The van der Waals surface area contributed by atoms with Crippen LogP contribution in [0.5, 0.6) is 0 Å². The Labute approximate surface area is 88.9 Å². The van der Waals surface area contributed by atoms with Crippen LogP contribution in [0.25, 0.3) is 0 Å². The molecule has 2 aliphatic rings. The zero-order valence-corrected chi connectivity index (χ0v) is 8.62. The number of hydrogen-bond acceptors (Lipinski definition) is 2. The summed E-state index contributed by atoms with van der Waals surface area (Å²) in [6.07, 6.45) is 6.76. The van der Waals surface area contributed by atoms with Crippen LogP contribution in [-0.4, -0.2) is 17.1 Å². The Kier molecular flexibility index (Phi) is 2.20. The Morgan fingerprint density at radius 1 is 1.33 bits per heavy atom. The molecule has 3 heterocycles. The molecule has 0 aromatic carbocycles. The number of nitrogens with one attached hydrogen (secondary N) is 1. The molecule has 1 aromatic heterocycles. The highest BCUT2D eigenvalue weighted by molar-refractivity contribution is 5.21. The van der Waals surface area contributed by atoms with Crippen molar-refractivity contribution in [2.24, 2.45) is 0 Å². The van der Waals surface area contributed by atoms with Gasteiger partial charge in [-0.3, -0.25) is 0 Å². The van der Waals surface area contributed by atoms with Crippen molar-refractivity contribution in [3.63, 3.8) is 0 Å². The summed E-state index contributed by atoms with van der Waals surface area (Å²) >= 11 is 0. The van der Waals surface area contributed by atoms with E-state index in [2.05, 4.69) is 10.3 Å². The fourth-order valence-corrected chi connectivity index (χ4v) is 3.00. The lowest BCUT2D eigenvalue weighted by Crippen LogP contribution is -2.34. The molecule has 3 atom stereocenters. The largest absolute Gasteiger partial charge is 0.311 e. The maximum Gasteiger partial charge on any atom is 0.212 e. The predicted molar refractivity (Wildman–Crippen MR) is 56.1 cm³/mol. The SMILES string of the molecule is Fc1ccc(C2CC3CCCC2N3)cn1. The first-order valence-corrected chi connectivity index (χ1v) is 5.70. The molecule has 1 aromatic rings. The first-order valence-electron chi connectivity index (χ1n) is 5.70. The summed E-state index contributed by atoms with van der Waals surface area (Å²) in [5, 5.41) is 3.63. The minimum Gasteiger partial charge on any atom is -0.311 e. The highest BCUT2D eigenvalue weighted by Gasteiger charge is 2.37. The molecule has 0 saturated carbocycles. The van der Waals surface area contributed by atoms with Gasteiger partial charge >= 0.3 is 0 Å². The molecule has 15 heavy (non-hydrogen) atoms. The predicted octanol–water partition coefficient (Wildman–Crippen LogP) is 2.22. The van der Waals surface area contributed by atoms with Crippen LogP contribution in [0.2, 0.25) is 0 Å². The van der Waals surface area contributed by atoms with Crippen LogP contribution in [-0.2, 0) is 0 Å². The summed E-state index contributed by atoms with van der Waals surface area (Å²) in [7, 11) is 0. The van der Waals surface area contributed by atoms with E-state index in [0.29, 0.717) is 18.0 Å². The molecule has 2 aliphatic heterocycles. The second-order valence-electron chi connectivity index (χ2n) is 4.66. The van der Waals surface area contributed by atoms with E-state index < -0.39 is 0 Å². The normalized spacial score (nSPS) is 34.3. The maximum atomic E-state index is 12.7. The summed E-state index contributed by atoms with van der Waals surface area (Å²) in [5.41, 5.74) is 1.19. The van der Waals surface area contributed by atoms with Crippen LogP contribution in [0.3, 0.4) is 0 Å². The van der Waals surface area contributed by atoms with E-state index in [-0.39, 0.29) is 5.95 Å². The van der Waals surface area contributed by atoms with Gasteiger partial charge in [-0.15, -0.1) is 0 Å². The van der Waals surface area contributed by atoms with Gasteiger partial charge < -0.3 is 5.32 Å². The number of aromatic nitrogens is 1. The van der Waals surface area contributed by atoms with Crippen molar-refractivity contribution in [3.05, 3.63) is 29.8 Å². The molecule has 2 nitrogen and oxygen atoms in total. The van der Waals surface area contributed by atoms with Gasteiger partial charge in [-0.05, 0) is 30.9 Å². The molecule has 2 fully saturated rings. The van der Waals surface area contributed by atoms with Crippen molar-refractivity contribution in [2.75, 3.05) is 0 Å². The molecule has 2 saturated heterocycles. The number of halogens is 1. The lowest BCUT2D eigenvalue weighted by molar-refractivity contribution is 0.397. The zero-order chi connectivity index (χ0) is 10.3. The highest BCUT2D eigenvalue weighted by atomic mass is 19.1. The first kappa shape index (κ1) is 9.28. The van der Waals surface area contributed by atoms with E-state index in [1.54, 1.807) is 6.20 Å². The Bertz CT molecular complexity index is 349. The zero-order valence-electron chi connectivity index (χ0n) is 8.62. The van der Waals surface area contributed by atoms with Gasteiger partial charge in [-0.25, -0.2) is 4.98 Å². The smallest absolute Gasteiger partial charge is 0.212 e. The highest BCUT2D eigenvalue weighted by Crippen LogP contribution is 2.37. The summed E-state index contributed by atoms with van der Waals surface area (Å²) in [6, 6.07) is 4.63. The standard InChI is InChI=1S/C12H15FN2/c13-12-5-4-8(7-14-12)10-6-9-2-1-3-11(10)15-9/h4-5,7,9-11,15H,1-3,6H2. The van der Waals surface area contributed by atoms with Gasteiger partial charge in [0.1, 0.15) is 0 Å². The first-order chi connectivity index (χ1) is 7.33. The number of nitrogens with zero attached hydrogens (tertiary/aromatic N) is 1. The molecule has 0 aliphatic carbocycles. The summed E-state index contributed by atoms with van der Waals surface area (Å²) in [6.45, 7) is 0. The van der Waals surface area contributed by atoms with Crippen molar-refractivity contribution in [3.8, 4) is 0 Å². The molecule has 0 radical (unpaired) electrons. The number of pyridine rings is 1. The fourth-order valence-electron chi connectivity index (χ4n) is 3.00. The van der Waals surface area contributed by atoms with Crippen LogP contribution in [0.15, 0.2) is 18.3 Å². The van der Waals surface area contributed by atoms with Crippen LogP contribution in [0, 0.1) is 5.95 Å². The third-order valence-corrected chi connectivity index (χ3v) is 3.72. The van der Waals surface area contributed by atoms with Crippen molar-refractivity contribution < 1.29 is 4.39 Å². The summed E-state index contributed by atoms with van der Waals surface area (Å²) in [4.78, 5) is 3.74. The van der Waals surface area contributed by atoms with Crippen molar-refractivity contribution in [1.82, 2.24) is 10.3 Å². The Hall–Kier alpha value is -0.960. The number of fused-ring (bicyclic) bond motifs is 2. The molecule has 3 heteroatoms. The van der Waals surface area contributed by atoms with Crippen LogP contribution < -0.4 is 5.32 Å². The molecule has 2 bridgehead atoms.